The van der Waals surface area contributed by atoms with Gasteiger partial charge in [-0.25, -0.2) is 0 Å². The van der Waals surface area contributed by atoms with Crippen molar-refractivity contribution in [1.29, 1.82) is 0 Å². The number of carbonyl (C=O) groups is 1. The normalized spacial score (nSPS) is 39.1. The largest absolute Gasteiger partial charge is 0.304 e. The highest BCUT2D eigenvalue weighted by molar-refractivity contribution is 5.84. The van der Waals surface area contributed by atoms with Crippen molar-refractivity contribution >= 4 is 5.78 Å². The van der Waals surface area contributed by atoms with Gasteiger partial charge in [-0.1, -0.05) is 12.8 Å². The number of rotatable bonds is 3. The van der Waals surface area contributed by atoms with E-state index in [1.165, 1.54) is 44.9 Å². The van der Waals surface area contributed by atoms with Crippen molar-refractivity contribution in [2.75, 3.05) is 0 Å². The Morgan fingerprint density at radius 2 is 1.81 bits per heavy atom. The number of hydrogen-bond donors (Lipinski definition) is 1. The van der Waals surface area contributed by atoms with Gasteiger partial charge in [0, 0.05) is 12.5 Å². The van der Waals surface area contributed by atoms with E-state index in [1.807, 2.05) is 0 Å². The van der Waals surface area contributed by atoms with E-state index in [0.717, 1.165) is 24.7 Å². The van der Waals surface area contributed by atoms with Gasteiger partial charge in [0.2, 0.25) is 0 Å². The molecule has 90 valence electrons. The van der Waals surface area contributed by atoms with E-state index in [1.54, 1.807) is 0 Å². The number of hydrogen-bond acceptors (Lipinski definition) is 2. The lowest BCUT2D eigenvalue weighted by molar-refractivity contribution is -0.122. The predicted molar refractivity (Wildman–Crippen MR) is 64.3 cm³/mol. The fourth-order valence-corrected chi connectivity index (χ4v) is 3.50. The van der Waals surface area contributed by atoms with E-state index >= 15 is 0 Å². The highest BCUT2D eigenvalue weighted by Gasteiger charge is 2.35. The molecule has 1 aliphatic heterocycles. The van der Waals surface area contributed by atoms with Gasteiger partial charge in [-0.05, 0) is 50.4 Å². The molecule has 2 nitrogen and oxygen atoms in total. The predicted octanol–water partition coefficient (Wildman–Crippen LogP) is 2.67. The Kier molecular flexibility index (Phi) is 3.01. The molecule has 0 amide bonds. The van der Waals surface area contributed by atoms with Crippen LogP contribution in [0.25, 0.3) is 0 Å². The summed E-state index contributed by atoms with van der Waals surface area (Å²) in [6.07, 6.45) is 11.3. The molecule has 1 saturated heterocycles. The van der Waals surface area contributed by atoms with Crippen LogP contribution in [0.15, 0.2) is 0 Å². The first-order valence-electron chi connectivity index (χ1n) is 7.11. The lowest BCUT2D eigenvalue weighted by Gasteiger charge is -2.40. The van der Waals surface area contributed by atoms with Crippen LogP contribution in [0.2, 0.25) is 0 Å². The maximum absolute atomic E-state index is 12.1. The molecule has 0 spiro atoms. The second-order valence-corrected chi connectivity index (χ2v) is 6.06. The standard InChI is InChI=1S/C14H23NO/c16-14(9-10-5-6-10)13-8-7-11-3-1-2-4-12(11)15-13/h10-13,15H,1-9H2. The van der Waals surface area contributed by atoms with Crippen LogP contribution < -0.4 is 5.32 Å². The highest BCUT2D eigenvalue weighted by atomic mass is 16.1. The topological polar surface area (TPSA) is 29.1 Å². The van der Waals surface area contributed by atoms with Crippen molar-refractivity contribution < 1.29 is 4.79 Å². The maximum atomic E-state index is 12.1. The van der Waals surface area contributed by atoms with Crippen molar-refractivity contribution in [3.63, 3.8) is 0 Å². The van der Waals surface area contributed by atoms with E-state index in [9.17, 15) is 4.79 Å². The number of fused-ring (bicyclic) bond motifs is 1. The van der Waals surface area contributed by atoms with Crippen LogP contribution in [-0.4, -0.2) is 17.9 Å². The molecule has 16 heavy (non-hydrogen) atoms. The summed E-state index contributed by atoms with van der Waals surface area (Å²) in [5.74, 6) is 2.13. The molecule has 1 heterocycles. The molecule has 2 saturated carbocycles. The molecule has 3 atom stereocenters. The van der Waals surface area contributed by atoms with Gasteiger partial charge in [-0.15, -0.1) is 0 Å². The number of nitrogens with one attached hydrogen (secondary N) is 1. The lowest BCUT2D eigenvalue weighted by Crippen LogP contribution is -2.52. The molecule has 3 unspecified atom stereocenters. The van der Waals surface area contributed by atoms with Crippen LogP contribution in [0.1, 0.15) is 57.8 Å². The molecular formula is C14H23NO. The quantitative estimate of drug-likeness (QED) is 0.794. The second kappa shape index (κ2) is 4.48. The molecule has 3 rings (SSSR count). The van der Waals surface area contributed by atoms with Gasteiger partial charge in [0.05, 0.1) is 6.04 Å². The minimum absolute atomic E-state index is 0.208. The molecule has 3 fully saturated rings. The van der Waals surface area contributed by atoms with Gasteiger partial charge in [0.25, 0.3) is 0 Å². The molecule has 0 bridgehead atoms. The zero-order valence-electron chi connectivity index (χ0n) is 10.1. The third-order valence-corrected chi connectivity index (χ3v) is 4.73. The molecule has 0 radical (unpaired) electrons. The molecule has 0 aromatic rings. The van der Waals surface area contributed by atoms with Crippen molar-refractivity contribution in [3.8, 4) is 0 Å². The van der Waals surface area contributed by atoms with Crippen molar-refractivity contribution in [2.24, 2.45) is 11.8 Å². The van der Waals surface area contributed by atoms with Gasteiger partial charge in [-0.2, -0.15) is 0 Å². The molecule has 0 aromatic heterocycles. The van der Waals surface area contributed by atoms with E-state index < -0.39 is 0 Å². The van der Waals surface area contributed by atoms with Gasteiger partial charge in [-0.3, -0.25) is 4.79 Å². The monoisotopic (exact) mass is 221 g/mol. The lowest BCUT2D eigenvalue weighted by atomic mass is 9.77. The highest BCUT2D eigenvalue weighted by Crippen LogP contribution is 2.36. The number of ketones is 1. The third-order valence-electron chi connectivity index (χ3n) is 4.73. The van der Waals surface area contributed by atoms with Crippen LogP contribution in [0.5, 0.6) is 0 Å². The van der Waals surface area contributed by atoms with E-state index in [-0.39, 0.29) is 6.04 Å². The SMILES string of the molecule is O=C(CC1CC1)C1CCC2CCCCC2N1. The minimum Gasteiger partial charge on any atom is -0.304 e. The summed E-state index contributed by atoms with van der Waals surface area (Å²) in [5, 5.41) is 3.64. The average molecular weight is 221 g/mol. The maximum Gasteiger partial charge on any atom is 0.150 e. The summed E-state index contributed by atoms with van der Waals surface area (Å²) in [7, 11) is 0. The average Bonchev–Trinajstić information content (AvgIpc) is 3.12. The third kappa shape index (κ3) is 2.32. The zero-order chi connectivity index (χ0) is 11.0. The molecule has 3 aliphatic rings. The Hall–Kier alpha value is -0.370. The van der Waals surface area contributed by atoms with E-state index in [0.29, 0.717) is 11.8 Å². The van der Waals surface area contributed by atoms with Crippen LogP contribution in [0, 0.1) is 11.8 Å². The molecule has 1 N–H and O–H groups in total. The van der Waals surface area contributed by atoms with Gasteiger partial charge < -0.3 is 5.32 Å². The fourth-order valence-electron chi connectivity index (χ4n) is 3.50. The minimum atomic E-state index is 0.208. The summed E-state index contributed by atoms with van der Waals surface area (Å²) in [4.78, 5) is 12.1. The Morgan fingerprint density at radius 3 is 2.62 bits per heavy atom. The summed E-state index contributed by atoms with van der Waals surface area (Å²) >= 11 is 0. The number of carbonyl (C=O) groups excluding carboxylic acids is 1. The molecule has 2 aliphatic carbocycles. The number of Topliss-reactive ketones (excluding diaryl/α,β-unsaturated/α-hetero) is 1. The van der Waals surface area contributed by atoms with Crippen LogP contribution >= 0.6 is 0 Å². The van der Waals surface area contributed by atoms with E-state index in [4.69, 9.17) is 0 Å². The Bertz CT molecular complexity index is 272. The smallest absolute Gasteiger partial charge is 0.150 e. The molecule has 0 aromatic carbocycles. The van der Waals surface area contributed by atoms with Crippen molar-refractivity contribution in [1.82, 2.24) is 5.32 Å². The van der Waals surface area contributed by atoms with Gasteiger partial charge in [0.15, 0.2) is 0 Å². The van der Waals surface area contributed by atoms with Gasteiger partial charge in [0.1, 0.15) is 5.78 Å². The summed E-state index contributed by atoms with van der Waals surface area (Å²) in [5.41, 5.74) is 0. The number of piperidine rings is 1. The summed E-state index contributed by atoms with van der Waals surface area (Å²) in [6.45, 7) is 0. The zero-order valence-corrected chi connectivity index (χ0v) is 10.1. The first-order chi connectivity index (χ1) is 7.83. The van der Waals surface area contributed by atoms with E-state index in [2.05, 4.69) is 5.32 Å². The van der Waals surface area contributed by atoms with Crippen LogP contribution in [0.4, 0.5) is 0 Å². The Balaban J connectivity index is 1.54. The summed E-state index contributed by atoms with van der Waals surface area (Å²) in [6, 6.07) is 0.871. The Morgan fingerprint density at radius 1 is 1.00 bits per heavy atom. The molecular weight excluding hydrogens is 198 g/mol. The van der Waals surface area contributed by atoms with Crippen molar-refractivity contribution in [2.45, 2.75) is 69.9 Å². The second-order valence-electron chi connectivity index (χ2n) is 6.06. The first kappa shape index (κ1) is 10.8. The van der Waals surface area contributed by atoms with Crippen molar-refractivity contribution in [3.05, 3.63) is 0 Å². The van der Waals surface area contributed by atoms with Crippen LogP contribution in [0.3, 0.4) is 0 Å². The fraction of sp³-hybridized carbons (Fsp3) is 0.929. The molecule has 2 heteroatoms. The Labute approximate surface area is 98.2 Å². The van der Waals surface area contributed by atoms with Gasteiger partial charge >= 0.3 is 0 Å². The van der Waals surface area contributed by atoms with Crippen LogP contribution in [-0.2, 0) is 4.79 Å². The first-order valence-corrected chi connectivity index (χ1v) is 7.11. The summed E-state index contributed by atoms with van der Waals surface area (Å²) < 4.78 is 0.